The normalized spacial score (nSPS) is 15.2. The number of carbonyl (C=O) groups is 2. The monoisotopic (exact) mass is 494 g/mol. The molecule has 1 aliphatic heterocycles. The Morgan fingerprint density at radius 3 is 2.37 bits per heavy atom. The molecule has 3 N–H and O–H groups in total. The van der Waals surface area contributed by atoms with Gasteiger partial charge in [-0.3, -0.25) is 9.59 Å². The first-order valence-corrected chi connectivity index (χ1v) is 10.2. The number of hydrogen-bond donors (Lipinski definition) is 2. The highest BCUT2D eigenvalue weighted by Gasteiger charge is 2.38. The van der Waals surface area contributed by atoms with E-state index in [1.54, 1.807) is 0 Å². The van der Waals surface area contributed by atoms with Crippen LogP contribution >= 0.6 is 0 Å². The number of carbonyl (C=O) groups excluding carboxylic acids is 2. The SMILES string of the molecule is NC(=O)c1cc(NC(=O)c2c(C3CCOc4cc(F)ccc43)ccc(C(F)(F)F)c2F)ccc1F. The van der Waals surface area contributed by atoms with Crippen molar-refractivity contribution in [1.29, 1.82) is 0 Å². The molecule has 5 nitrogen and oxygen atoms in total. The van der Waals surface area contributed by atoms with Gasteiger partial charge in [0, 0.05) is 23.2 Å². The van der Waals surface area contributed by atoms with Gasteiger partial charge in [0.15, 0.2) is 0 Å². The van der Waals surface area contributed by atoms with Gasteiger partial charge >= 0.3 is 6.18 Å². The summed E-state index contributed by atoms with van der Waals surface area (Å²) in [6.07, 6.45) is -4.92. The first kappa shape index (κ1) is 24.1. The van der Waals surface area contributed by atoms with Gasteiger partial charge in [0.2, 0.25) is 0 Å². The molecule has 0 saturated heterocycles. The van der Waals surface area contributed by atoms with Crippen LogP contribution in [0, 0.1) is 17.5 Å². The van der Waals surface area contributed by atoms with E-state index in [4.69, 9.17) is 10.5 Å². The summed E-state index contributed by atoms with van der Waals surface area (Å²) in [6, 6.07) is 7.82. The maximum absolute atomic E-state index is 15.2. The van der Waals surface area contributed by atoms with Crippen molar-refractivity contribution in [3.63, 3.8) is 0 Å². The summed E-state index contributed by atoms with van der Waals surface area (Å²) in [5.41, 5.74) is 2.04. The second-order valence-corrected chi connectivity index (χ2v) is 7.77. The predicted octanol–water partition coefficient (Wildman–Crippen LogP) is 5.39. The largest absolute Gasteiger partial charge is 0.493 e. The van der Waals surface area contributed by atoms with E-state index >= 15 is 4.39 Å². The van der Waals surface area contributed by atoms with Crippen LogP contribution < -0.4 is 15.8 Å². The molecule has 2 amide bonds. The Kier molecular flexibility index (Phi) is 6.18. The fourth-order valence-corrected chi connectivity index (χ4v) is 4.00. The number of rotatable bonds is 4. The number of alkyl halides is 3. The van der Waals surface area contributed by atoms with Crippen LogP contribution in [0.2, 0.25) is 0 Å². The van der Waals surface area contributed by atoms with Crippen LogP contribution in [0.3, 0.4) is 0 Å². The van der Waals surface area contributed by atoms with Crippen LogP contribution in [-0.4, -0.2) is 18.4 Å². The van der Waals surface area contributed by atoms with Gasteiger partial charge in [0.1, 0.15) is 23.2 Å². The van der Waals surface area contributed by atoms with E-state index in [-0.39, 0.29) is 30.0 Å². The Hall–Kier alpha value is -4.02. The summed E-state index contributed by atoms with van der Waals surface area (Å²) in [5.74, 6) is -6.46. The minimum atomic E-state index is -5.09. The maximum Gasteiger partial charge on any atom is 0.419 e. The second kappa shape index (κ2) is 8.97. The summed E-state index contributed by atoms with van der Waals surface area (Å²) in [6.45, 7) is 0.0464. The van der Waals surface area contributed by atoms with Crippen molar-refractivity contribution in [3.8, 4) is 5.75 Å². The molecule has 3 aromatic carbocycles. The van der Waals surface area contributed by atoms with E-state index in [9.17, 15) is 31.5 Å². The average Bonchev–Trinajstić information content (AvgIpc) is 2.78. The van der Waals surface area contributed by atoms with Gasteiger partial charge in [-0.25, -0.2) is 13.2 Å². The van der Waals surface area contributed by atoms with Crippen LogP contribution in [0.1, 0.15) is 49.7 Å². The third-order valence-electron chi connectivity index (χ3n) is 5.59. The van der Waals surface area contributed by atoms with E-state index in [0.29, 0.717) is 11.6 Å². The standard InChI is InChI=1S/C24H16F6N2O3/c25-11-1-3-14-13(7-8-35-19(14)9-11)15-4-5-17(24(28,29)30)21(27)20(15)23(34)32-12-2-6-18(26)16(10-12)22(31)33/h1-6,9-10,13H,7-8H2,(H2,31,33)(H,32,34). The molecule has 0 aromatic heterocycles. The molecule has 0 bridgehead atoms. The van der Waals surface area contributed by atoms with Crippen LogP contribution in [-0.2, 0) is 6.18 Å². The Morgan fingerprint density at radius 2 is 1.69 bits per heavy atom. The molecule has 0 fully saturated rings. The number of anilines is 1. The summed E-state index contributed by atoms with van der Waals surface area (Å²) in [7, 11) is 0. The molecule has 0 aliphatic carbocycles. The fourth-order valence-electron chi connectivity index (χ4n) is 4.00. The number of benzene rings is 3. The predicted molar refractivity (Wildman–Crippen MR) is 113 cm³/mol. The second-order valence-electron chi connectivity index (χ2n) is 7.77. The molecule has 3 aromatic rings. The van der Waals surface area contributed by atoms with Crippen LogP contribution in [0.15, 0.2) is 48.5 Å². The van der Waals surface area contributed by atoms with Crippen molar-refractivity contribution in [2.24, 2.45) is 5.73 Å². The van der Waals surface area contributed by atoms with Crippen molar-refractivity contribution in [3.05, 3.63) is 93.8 Å². The lowest BCUT2D eigenvalue weighted by Crippen LogP contribution is -2.24. The van der Waals surface area contributed by atoms with Crippen LogP contribution in [0.25, 0.3) is 0 Å². The molecule has 1 atom stereocenters. The van der Waals surface area contributed by atoms with Gasteiger partial charge in [-0.15, -0.1) is 0 Å². The zero-order valence-corrected chi connectivity index (χ0v) is 17.7. The van der Waals surface area contributed by atoms with Crippen LogP contribution in [0.4, 0.5) is 32.0 Å². The lowest BCUT2D eigenvalue weighted by Gasteiger charge is -2.28. The smallest absolute Gasteiger partial charge is 0.419 e. The van der Waals surface area contributed by atoms with Gasteiger partial charge in [-0.2, -0.15) is 13.2 Å². The van der Waals surface area contributed by atoms with Crippen molar-refractivity contribution in [2.45, 2.75) is 18.5 Å². The number of amides is 2. The maximum atomic E-state index is 15.2. The van der Waals surface area contributed by atoms with Gasteiger partial charge in [-0.05, 0) is 42.3 Å². The lowest BCUT2D eigenvalue weighted by atomic mass is 9.83. The Morgan fingerprint density at radius 1 is 0.971 bits per heavy atom. The lowest BCUT2D eigenvalue weighted by molar-refractivity contribution is -0.140. The number of hydrogen-bond acceptors (Lipinski definition) is 3. The van der Waals surface area contributed by atoms with Gasteiger partial charge in [0.25, 0.3) is 11.8 Å². The molecule has 0 radical (unpaired) electrons. The molecular formula is C24H16F6N2O3. The highest BCUT2D eigenvalue weighted by Crippen LogP contribution is 2.42. The quantitative estimate of drug-likeness (QED) is 0.478. The minimum absolute atomic E-state index is 0.0464. The van der Waals surface area contributed by atoms with Crippen molar-refractivity contribution in [1.82, 2.24) is 0 Å². The van der Waals surface area contributed by atoms with Crippen LogP contribution in [0.5, 0.6) is 5.75 Å². The van der Waals surface area contributed by atoms with Gasteiger partial charge in [-0.1, -0.05) is 12.1 Å². The van der Waals surface area contributed by atoms with Crippen molar-refractivity contribution >= 4 is 17.5 Å². The molecular weight excluding hydrogens is 478 g/mol. The molecule has 4 rings (SSSR count). The summed E-state index contributed by atoms with van der Waals surface area (Å²) < 4.78 is 88.4. The van der Waals surface area contributed by atoms with E-state index in [2.05, 4.69) is 5.32 Å². The number of nitrogens with one attached hydrogen (secondary N) is 1. The first-order chi connectivity index (χ1) is 16.5. The Labute approximate surface area is 194 Å². The van der Waals surface area contributed by atoms with Crippen molar-refractivity contribution in [2.75, 3.05) is 11.9 Å². The molecule has 0 spiro atoms. The molecule has 182 valence electrons. The van der Waals surface area contributed by atoms with Crippen molar-refractivity contribution < 1.29 is 40.7 Å². The Bertz CT molecular complexity index is 1340. The highest BCUT2D eigenvalue weighted by molar-refractivity contribution is 6.06. The molecule has 35 heavy (non-hydrogen) atoms. The average molecular weight is 494 g/mol. The number of primary amides is 1. The Balaban J connectivity index is 1.84. The van der Waals surface area contributed by atoms with E-state index in [0.717, 1.165) is 36.4 Å². The number of halogens is 6. The summed E-state index contributed by atoms with van der Waals surface area (Å²) in [4.78, 5) is 24.5. The zero-order chi connectivity index (χ0) is 25.5. The zero-order valence-electron chi connectivity index (χ0n) is 17.7. The topological polar surface area (TPSA) is 81.4 Å². The summed E-state index contributed by atoms with van der Waals surface area (Å²) in [5, 5.41) is 2.20. The molecule has 0 saturated carbocycles. The number of nitrogens with two attached hydrogens (primary N) is 1. The number of fused-ring (bicyclic) bond motifs is 1. The third kappa shape index (κ3) is 4.66. The first-order valence-electron chi connectivity index (χ1n) is 10.2. The van der Waals surface area contributed by atoms with E-state index in [1.165, 1.54) is 6.07 Å². The molecule has 1 heterocycles. The third-order valence-corrected chi connectivity index (χ3v) is 5.59. The van der Waals surface area contributed by atoms with E-state index < -0.39 is 58.1 Å². The molecule has 1 aliphatic rings. The molecule has 11 heteroatoms. The van der Waals surface area contributed by atoms with Gasteiger partial charge < -0.3 is 15.8 Å². The summed E-state index contributed by atoms with van der Waals surface area (Å²) >= 11 is 0. The minimum Gasteiger partial charge on any atom is -0.493 e. The fraction of sp³-hybridized carbons (Fsp3) is 0.167. The highest BCUT2D eigenvalue weighted by atomic mass is 19.4. The number of ether oxygens (including phenoxy) is 1. The van der Waals surface area contributed by atoms with Gasteiger partial charge in [0.05, 0.1) is 23.3 Å². The molecule has 1 unspecified atom stereocenters. The van der Waals surface area contributed by atoms with E-state index in [1.807, 2.05) is 0 Å².